The second-order valence-corrected chi connectivity index (χ2v) is 1.34. The third-order valence-corrected chi connectivity index (χ3v) is 0. The van der Waals surface area contributed by atoms with Crippen LogP contribution in [0.3, 0.4) is 0 Å². The molecule has 0 aromatic carbocycles. The average Bonchev–Trinajstić information content (AvgIpc) is 1.36. The summed E-state index contributed by atoms with van der Waals surface area (Å²) in [7, 11) is -4.67. The molecular weight excluding hydrogens is 194 g/mol. The van der Waals surface area contributed by atoms with Crippen LogP contribution in [0.1, 0.15) is 0 Å². The molecule has 6 nitrogen and oxygen atoms in total. The Bertz CT molecular complexity index is 111. The Morgan fingerprint density at radius 3 is 1.11 bits per heavy atom. The van der Waals surface area contributed by atoms with Crippen LogP contribution in [0.5, 0.6) is 0 Å². The molecule has 0 aliphatic rings. The van der Waals surface area contributed by atoms with Crippen LogP contribution in [0.4, 0.5) is 0 Å². The van der Waals surface area contributed by atoms with E-state index in [0.717, 1.165) is 0 Å². The maximum Gasteiger partial charge on any atom is 0.394 e. The normalized spacial score (nSPS) is 6.89. The molecule has 0 aliphatic heterocycles. The zero-order chi connectivity index (χ0) is 6.50. The van der Waals surface area contributed by atoms with Crippen LogP contribution in [0.25, 0.3) is 0 Å². The molecule has 0 amide bonds. The molecular formula is CH7FeNO5S. The van der Waals surface area contributed by atoms with Crippen LogP contribution in [-0.2, 0) is 32.3 Å². The summed E-state index contributed by atoms with van der Waals surface area (Å²) in [5.74, 6) is 0. The van der Waals surface area contributed by atoms with Gasteiger partial charge in [-0.1, -0.05) is 0 Å². The maximum atomic E-state index is 8.74. The van der Waals surface area contributed by atoms with Crippen molar-refractivity contribution in [1.82, 2.24) is 6.15 Å². The molecule has 0 radical (unpaired) electrons. The van der Waals surface area contributed by atoms with Crippen LogP contribution in [0.2, 0.25) is 0 Å². The molecule has 0 aromatic rings. The van der Waals surface area contributed by atoms with Crippen molar-refractivity contribution in [3.8, 4) is 0 Å². The Morgan fingerprint density at radius 2 is 1.11 bits per heavy atom. The number of rotatable bonds is 0. The van der Waals surface area contributed by atoms with E-state index in [-0.39, 0.29) is 23.2 Å². The Labute approximate surface area is 63.3 Å². The Hall–Kier alpha value is 0.0195. The number of carbonyl (C=O) groups excluding carboxylic acids is 1. The van der Waals surface area contributed by atoms with Crippen molar-refractivity contribution < 1.29 is 39.4 Å². The third-order valence-electron chi connectivity index (χ3n) is 0. The fourth-order valence-electron chi connectivity index (χ4n) is 0. The van der Waals surface area contributed by atoms with Crippen LogP contribution < -0.4 is 6.15 Å². The first kappa shape index (κ1) is 23.0. The Balaban J connectivity index is -0.0000000286. The van der Waals surface area contributed by atoms with Gasteiger partial charge in [0.2, 0.25) is 0 Å². The first-order valence-electron chi connectivity index (χ1n) is 0.987. The molecule has 5 N–H and O–H groups in total. The topological polar surface area (TPSA) is 127 Å². The predicted molar refractivity (Wildman–Crippen MR) is 26.3 cm³/mol. The maximum absolute atomic E-state index is 8.74. The molecule has 0 spiro atoms. The minimum atomic E-state index is -4.67. The molecule has 0 unspecified atom stereocenters. The van der Waals surface area contributed by atoms with Crippen LogP contribution >= 0.6 is 0 Å². The fraction of sp³-hybridized carbons (Fsp3) is 0. The smallest absolute Gasteiger partial charge is 0.344 e. The second kappa shape index (κ2) is 10.9. The molecule has 0 bridgehead atoms. The van der Waals surface area contributed by atoms with Gasteiger partial charge < -0.3 is 10.9 Å². The van der Waals surface area contributed by atoms with Crippen LogP contribution in [0.15, 0.2) is 0 Å². The predicted octanol–water partition coefficient (Wildman–Crippen LogP) is -0.678. The summed E-state index contributed by atoms with van der Waals surface area (Å²) in [5, 5.41) is 0. The monoisotopic (exact) mass is 201 g/mol. The third kappa shape index (κ3) is 766000. The molecule has 0 atom stereocenters. The van der Waals surface area contributed by atoms with Gasteiger partial charge in [0.1, 0.15) is 6.79 Å². The van der Waals surface area contributed by atoms with E-state index in [4.69, 9.17) is 22.3 Å². The van der Waals surface area contributed by atoms with Crippen molar-refractivity contribution in [2.24, 2.45) is 0 Å². The molecule has 0 fully saturated rings. The zero-order valence-electron chi connectivity index (χ0n) is 4.30. The quantitative estimate of drug-likeness (QED) is 0.352. The van der Waals surface area contributed by atoms with Gasteiger partial charge in [-0.05, 0) is 0 Å². The minimum absolute atomic E-state index is 0. The van der Waals surface area contributed by atoms with Gasteiger partial charge in [-0.15, -0.1) is 0 Å². The van der Waals surface area contributed by atoms with Gasteiger partial charge in [-0.2, -0.15) is 8.42 Å². The van der Waals surface area contributed by atoms with Crippen molar-refractivity contribution in [3.05, 3.63) is 0 Å². The molecule has 8 heteroatoms. The molecule has 60 valence electrons. The molecule has 0 saturated carbocycles. The summed E-state index contributed by atoms with van der Waals surface area (Å²) in [5.41, 5.74) is 0. The van der Waals surface area contributed by atoms with Gasteiger partial charge in [0.05, 0.1) is 0 Å². The Kier molecular flexibility index (Phi) is 27.9. The number of hydrogen-bond acceptors (Lipinski definition) is 4. The van der Waals surface area contributed by atoms with Gasteiger partial charge in [0.25, 0.3) is 0 Å². The molecule has 0 saturated heterocycles. The van der Waals surface area contributed by atoms with Crippen LogP contribution in [-0.4, -0.2) is 24.3 Å². The van der Waals surface area contributed by atoms with Gasteiger partial charge in [-0.3, -0.25) is 9.11 Å². The van der Waals surface area contributed by atoms with E-state index in [2.05, 4.69) is 0 Å². The van der Waals surface area contributed by atoms with Gasteiger partial charge in [-0.25, -0.2) is 0 Å². The first-order chi connectivity index (χ1) is 3.00. The number of carbonyl (C=O) groups is 1. The molecule has 0 rings (SSSR count). The van der Waals surface area contributed by atoms with Crippen molar-refractivity contribution in [2.45, 2.75) is 0 Å². The first-order valence-corrected chi connectivity index (χ1v) is 2.38. The zero-order valence-corrected chi connectivity index (χ0v) is 6.22. The second-order valence-electron chi connectivity index (χ2n) is 0.448. The van der Waals surface area contributed by atoms with E-state index < -0.39 is 10.4 Å². The summed E-state index contributed by atoms with van der Waals surface area (Å²) in [4.78, 5) is 8.00. The summed E-state index contributed by atoms with van der Waals surface area (Å²) in [6.07, 6.45) is 0. The molecule has 0 aliphatic carbocycles. The van der Waals surface area contributed by atoms with E-state index in [1.165, 1.54) is 0 Å². The average molecular weight is 201 g/mol. The van der Waals surface area contributed by atoms with Gasteiger partial charge in [0, 0.05) is 17.1 Å². The van der Waals surface area contributed by atoms with E-state index >= 15 is 0 Å². The molecule has 0 aromatic heterocycles. The SMILES string of the molecule is C=O.N.O=S(=O)(O)O.[Fe]. The fourth-order valence-corrected chi connectivity index (χ4v) is 0. The van der Waals surface area contributed by atoms with E-state index in [9.17, 15) is 0 Å². The standard InChI is InChI=1S/CH2O.Fe.H3N.H2O4S/c1-2;;;1-5(2,3)4/h1H2;;1H3;(H2,1,2,3,4). The van der Waals surface area contributed by atoms with Crippen LogP contribution in [0, 0.1) is 0 Å². The minimum Gasteiger partial charge on any atom is -0.344 e. The summed E-state index contributed by atoms with van der Waals surface area (Å²) in [6.45, 7) is 2.00. The van der Waals surface area contributed by atoms with Crippen molar-refractivity contribution >= 4 is 17.2 Å². The molecule has 0 heterocycles. The Morgan fingerprint density at radius 1 is 1.11 bits per heavy atom. The van der Waals surface area contributed by atoms with Crippen molar-refractivity contribution in [1.29, 1.82) is 0 Å². The summed E-state index contributed by atoms with van der Waals surface area (Å²) < 4.78 is 31.6. The van der Waals surface area contributed by atoms with E-state index in [1.54, 1.807) is 0 Å². The van der Waals surface area contributed by atoms with Crippen molar-refractivity contribution in [2.75, 3.05) is 0 Å². The van der Waals surface area contributed by atoms with Gasteiger partial charge in [0.15, 0.2) is 0 Å². The number of hydrogen-bond donors (Lipinski definition) is 3. The summed E-state index contributed by atoms with van der Waals surface area (Å²) >= 11 is 0. The van der Waals surface area contributed by atoms with E-state index in [1.807, 2.05) is 6.79 Å². The van der Waals surface area contributed by atoms with Crippen molar-refractivity contribution in [3.63, 3.8) is 0 Å². The largest absolute Gasteiger partial charge is 0.394 e. The summed E-state index contributed by atoms with van der Waals surface area (Å²) in [6, 6.07) is 0. The molecule has 9 heavy (non-hydrogen) atoms. The van der Waals surface area contributed by atoms with E-state index in [0.29, 0.717) is 0 Å². The van der Waals surface area contributed by atoms with Gasteiger partial charge >= 0.3 is 10.4 Å².